The van der Waals surface area contributed by atoms with Gasteiger partial charge >= 0.3 is 7.12 Å². The van der Waals surface area contributed by atoms with Crippen LogP contribution >= 0.6 is 0 Å². The summed E-state index contributed by atoms with van der Waals surface area (Å²) in [5, 5.41) is 7.51. The molecule has 0 radical (unpaired) electrons. The molecule has 1 saturated heterocycles. The Morgan fingerprint density at radius 2 is 1.19 bits per heavy atom. The zero-order valence-electron chi connectivity index (χ0n) is 21.1. The second kappa shape index (κ2) is 7.46. The van der Waals surface area contributed by atoms with E-state index in [0.717, 1.165) is 11.2 Å². The number of rotatable bonds is 2. The fourth-order valence-electron chi connectivity index (χ4n) is 5.53. The second-order valence-corrected chi connectivity index (χ2v) is 10.9. The highest BCUT2D eigenvalue weighted by atomic mass is 16.7. The van der Waals surface area contributed by atoms with Gasteiger partial charge in [-0.15, -0.1) is 0 Å². The van der Waals surface area contributed by atoms with Crippen molar-refractivity contribution in [1.82, 2.24) is 4.57 Å². The Kier molecular flexibility index (Phi) is 4.49. The molecule has 6 aromatic rings. The molecule has 0 amide bonds. The van der Waals surface area contributed by atoms with Crippen molar-refractivity contribution >= 4 is 55.9 Å². The fraction of sp³-hybridized carbons (Fsp3) is 0.188. The average Bonchev–Trinajstić information content (AvgIpc) is 3.32. The minimum atomic E-state index is -0.379. The third kappa shape index (κ3) is 3.08. The van der Waals surface area contributed by atoms with E-state index in [9.17, 15) is 0 Å². The van der Waals surface area contributed by atoms with Crippen LogP contribution in [0.15, 0.2) is 97.1 Å². The Labute approximate surface area is 211 Å². The van der Waals surface area contributed by atoms with Crippen molar-refractivity contribution in [3.63, 3.8) is 0 Å². The number of fused-ring (bicyclic) bond motifs is 6. The molecule has 0 bridgehead atoms. The molecule has 0 saturated carbocycles. The summed E-state index contributed by atoms with van der Waals surface area (Å²) in [5.74, 6) is 0. The van der Waals surface area contributed by atoms with Crippen molar-refractivity contribution in [1.29, 1.82) is 0 Å². The summed E-state index contributed by atoms with van der Waals surface area (Å²) in [7, 11) is -0.379. The number of aromatic nitrogens is 1. The average molecular weight is 469 g/mol. The number of benzene rings is 5. The van der Waals surface area contributed by atoms with Crippen molar-refractivity contribution in [2.45, 2.75) is 38.9 Å². The topological polar surface area (TPSA) is 23.4 Å². The summed E-state index contributed by atoms with van der Waals surface area (Å²) in [6.07, 6.45) is 0. The molecule has 176 valence electrons. The van der Waals surface area contributed by atoms with E-state index in [4.69, 9.17) is 9.31 Å². The molecule has 4 heteroatoms. The van der Waals surface area contributed by atoms with E-state index >= 15 is 0 Å². The predicted molar refractivity (Wildman–Crippen MR) is 152 cm³/mol. The highest BCUT2D eigenvalue weighted by molar-refractivity contribution is 6.62. The number of nitrogens with zero attached hydrogens (tertiary/aromatic N) is 1. The largest absolute Gasteiger partial charge is 0.494 e. The quantitative estimate of drug-likeness (QED) is 0.195. The molecule has 1 aromatic heterocycles. The molecule has 5 aromatic carbocycles. The third-order valence-corrected chi connectivity index (χ3v) is 8.21. The van der Waals surface area contributed by atoms with Crippen molar-refractivity contribution in [3.8, 4) is 5.69 Å². The minimum Gasteiger partial charge on any atom is -0.399 e. The lowest BCUT2D eigenvalue weighted by molar-refractivity contribution is 0.00578. The van der Waals surface area contributed by atoms with E-state index < -0.39 is 0 Å². The lowest BCUT2D eigenvalue weighted by atomic mass is 9.78. The van der Waals surface area contributed by atoms with Gasteiger partial charge in [-0.25, -0.2) is 0 Å². The molecule has 36 heavy (non-hydrogen) atoms. The Balaban J connectivity index is 1.42. The Hall–Kier alpha value is -3.60. The molecule has 1 aliphatic rings. The van der Waals surface area contributed by atoms with Gasteiger partial charge in [0.05, 0.1) is 22.2 Å². The standard InChI is InChI=1S/C32H28BNO2/c1-31(2)32(3,4)36-33(35-31)23-15-18-30-28(20-23)27-11-7-8-12-29(27)34(30)24-16-17-26-22(19-24)14-13-21-9-5-6-10-25(21)26/h5-20H,1-4H3. The SMILES string of the molecule is CC1(C)OB(c2ccc3c(c2)c2ccccc2n3-c2ccc3c(ccc4ccccc43)c2)OC1(C)C. The maximum atomic E-state index is 6.36. The highest BCUT2D eigenvalue weighted by Gasteiger charge is 2.51. The second-order valence-electron chi connectivity index (χ2n) is 10.9. The van der Waals surface area contributed by atoms with Gasteiger partial charge in [-0.1, -0.05) is 72.8 Å². The van der Waals surface area contributed by atoms with Crippen molar-refractivity contribution < 1.29 is 9.31 Å². The van der Waals surface area contributed by atoms with Gasteiger partial charge in [0.2, 0.25) is 0 Å². The maximum Gasteiger partial charge on any atom is 0.494 e. The van der Waals surface area contributed by atoms with Crippen molar-refractivity contribution in [2.24, 2.45) is 0 Å². The molecule has 1 aliphatic heterocycles. The van der Waals surface area contributed by atoms with Crippen molar-refractivity contribution in [3.05, 3.63) is 97.1 Å². The molecule has 0 unspecified atom stereocenters. The van der Waals surface area contributed by atoms with Crippen LogP contribution in [-0.2, 0) is 9.31 Å². The molecule has 0 spiro atoms. The molecule has 1 fully saturated rings. The number of hydrogen-bond donors (Lipinski definition) is 0. The van der Waals surface area contributed by atoms with E-state index in [1.807, 2.05) is 0 Å². The summed E-state index contributed by atoms with van der Waals surface area (Å²) >= 11 is 0. The molecular formula is C32H28BNO2. The molecule has 7 rings (SSSR count). The summed E-state index contributed by atoms with van der Waals surface area (Å²) in [5.41, 5.74) is 3.85. The molecule has 3 nitrogen and oxygen atoms in total. The van der Waals surface area contributed by atoms with Crippen LogP contribution in [0.25, 0.3) is 49.0 Å². The van der Waals surface area contributed by atoms with Gasteiger partial charge in [0, 0.05) is 16.5 Å². The first-order valence-corrected chi connectivity index (χ1v) is 12.6. The zero-order chi connectivity index (χ0) is 24.7. The Bertz CT molecular complexity index is 1800. The Morgan fingerprint density at radius 3 is 2.00 bits per heavy atom. The fourth-order valence-corrected chi connectivity index (χ4v) is 5.53. The van der Waals surface area contributed by atoms with Gasteiger partial charge in [-0.3, -0.25) is 0 Å². The van der Waals surface area contributed by atoms with Crippen LogP contribution in [-0.4, -0.2) is 22.9 Å². The number of para-hydroxylation sites is 1. The smallest absolute Gasteiger partial charge is 0.399 e. The minimum absolute atomic E-state index is 0.365. The first-order valence-electron chi connectivity index (χ1n) is 12.6. The normalized spacial score (nSPS) is 17.1. The van der Waals surface area contributed by atoms with Crippen LogP contribution in [0.5, 0.6) is 0 Å². The van der Waals surface area contributed by atoms with Gasteiger partial charge in [-0.2, -0.15) is 0 Å². The summed E-state index contributed by atoms with van der Waals surface area (Å²) < 4.78 is 15.1. The highest BCUT2D eigenvalue weighted by Crippen LogP contribution is 2.38. The molecule has 0 N–H and O–H groups in total. The maximum absolute atomic E-state index is 6.36. The van der Waals surface area contributed by atoms with E-state index in [1.54, 1.807) is 0 Å². The van der Waals surface area contributed by atoms with Crippen LogP contribution in [0, 0.1) is 0 Å². The van der Waals surface area contributed by atoms with E-state index in [2.05, 4.69) is 129 Å². The van der Waals surface area contributed by atoms with Gasteiger partial charge in [0.25, 0.3) is 0 Å². The lowest BCUT2D eigenvalue weighted by Gasteiger charge is -2.32. The monoisotopic (exact) mass is 469 g/mol. The first kappa shape index (κ1) is 21.7. The zero-order valence-corrected chi connectivity index (χ0v) is 21.1. The van der Waals surface area contributed by atoms with Crippen molar-refractivity contribution in [2.75, 3.05) is 0 Å². The van der Waals surface area contributed by atoms with Gasteiger partial charge < -0.3 is 13.9 Å². The van der Waals surface area contributed by atoms with Gasteiger partial charge in [-0.05, 0) is 79.0 Å². The summed E-state index contributed by atoms with van der Waals surface area (Å²) in [6, 6.07) is 35.0. The summed E-state index contributed by atoms with van der Waals surface area (Å²) in [6.45, 7) is 8.39. The lowest BCUT2D eigenvalue weighted by Crippen LogP contribution is -2.41. The molecular weight excluding hydrogens is 441 g/mol. The van der Waals surface area contributed by atoms with Gasteiger partial charge in [0.15, 0.2) is 0 Å². The van der Waals surface area contributed by atoms with E-state index in [1.165, 1.54) is 43.4 Å². The van der Waals surface area contributed by atoms with Crippen LogP contribution in [0.2, 0.25) is 0 Å². The van der Waals surface area contributed by atoms with Crippen LogP contribution < -0.4 is 5.46 Å². The van der Waals surface area contributed by atoms with Crippen LogP contribution in [0.3, 0.4) is 0 Å². The van der Waals surface area contributed by atoms with Gasteiger partial charge in [0.1, 0.15) is 0 Å². The predicted octanol–water partition coefficient (Wildman–Crippen LogP) is 7.39. The Morgan fingerprint density at radius 1 is 0.556 bits per heavy atom. The summed E-state index contributed by atoms with van der Waals surface area (Å²) in [4.78, 5) is 0. The van der Waals surface area contributed by atoms with Crippen LogP contribution in [0.1, 0.15) is 27.7 Å². The van der Waals surface area contributed by atoms with Crippen LogP contribution in [0.4, 0.5) is 0 Å². The molecule has 0 atom stereocenters. The third-order valence-electron chi connectivity index (χ3n) is 8.21. The van der Waals surface area contributed by atoms with E-state index in [-0.39, 0.29) is 18.3 Å². The van der Waals surface area contributed by atoms with E-state index in [0.29, 0.717) is 0 Å². The first-order chi connectivity index (χ1) is 17.3. The number of hydrogen-bond acceptors (Lipinski definition) is 2. The molecule has 0 aliphatic carbocycles. The molecule has 2 heterocycles.